The predicted octanol–water partition coefficient (Wildman–Crippen LogP) is 5.37. The molecule has 1 aliphatic rings. The molecule has 3 N–H and O–H groups in total. The Morgan fingerprint density at radius 3 is 1.98 bits per heavy atom. The monoisotopic (exact) mass is 626 g/mol. The Labute approximate surface area is 249 Å². The van der Waals surface area contributed by atoms with Crippen LogP contribution in [0.2, 0.25) is 20.1 Å². The van der Waals surface area contributed by atoms with E-state index in [4.69, 9.17) is 60.6 Å². The predicted molar refractivity (Wildman–Crippen MR) is 150 cm³/mol. The summed E-state index contributed by atoms with van der Waals surface area (Å²) in [4.78, 5) is 37.7. The van der Waals surface area contributed by atoms with Gasteiger partial charge in [0.05, 0.1) is 15.7 Å². The van der Waals surface area contributed by atoms with Gasteiger partial charge in [-0.2, -0.15) is 0 Å². The van der Waals surface area contributed by atoms with Crippen LogP contribution in [0, 0.1) is 0 Å². The summed E-state index contributed by atoms with van der Waals surface area (Å²) in [5.41, 5.74) is 1.40. The number of nitrogens with one attached hydrogen (secondary N) is 2. The molecule has 3 atom stereocenters. The van der Waals surface area contributed by atoms with E-state index in [0.717, 1.165) is 0 Å². The number of carboxylic acid groups (broad SMARTS) is 1. The Balaban J connectivity index is 1.36. The Hall–Kier alpha value is -3.05. The van der Waals surface area contributed by atoms with Gasteiger partial charge in [-0.15, -0.1) is 0 Å². The zero-order chi connectivity index (χ0) is 28.8. The third kappa shape index (κ3) is 7.37. The van der Waals surface area contributed by atoms with Crippen LogP contribution in [-0.2, 0) is 36.9 Å². The number of aliphatic carboxylic acids is 1. The first-order chi connectivity index (χ1) is 19.1. The van der Waals surface area contributed by atoms with Crippen molar-refractivity contribution in [1.29, 1.82) is 0 Å². The van der Waals surface area contributed by atoms with Crippen molar-refractivity contribution < 1.29 is 33.7 Å². The van der Waals surface area contributed by atoms with Crippen molar-refractivity contribution >= 4 is 69.9 Å². The maximum absolute atomic E-state index is 12.9. The molecular weight excluding hydrogens is 606 g/mol. The third-order valence-electron chi connectivity index (χ3n) is 5.92. The normalized spacial score (nSPS) is 17.2. The lowest BCUT2D eigenvalue weighted by Gasteiger charge is -2.20. The second-order valence-corrected chi connectivity index (χ2v) is 10.2. The topological polar surface area (TPSA) is 123 Å². The first-order valence-corrected chi connectivity index (χ1v) is 13.3. The van der Waals surface area contributed by atoms with Crippen LogP contribution in [0.5, 0.6) is 5.75 Å². The summed E-state index contributed by atoms with van der Waals surface area (Å²) >= 11 is 24.5. The molecule has 210 valence electrons. The fraction of sp³-hybridized carbons (Fsp3) is 0.222. The van der Waals surface area contributed by atoms with Gasteiger partial charge in [-0.05, 0) is 42.0 Å². The van der Waals surface area contributed by atoms with Crippen LogP contribution < -0.4 is 15.4 Å². The van der Waals surface area contributed by atoms with Gasteiger partial charge < -0.3 is 30.0 Å². The van der Waals surface area contributed by atoms with Crippen LogP contribution in [0.25, 0.3) is 0 Å². The fourth-order valence-corrected chi connectivity index (χ4v) is 4.83. The number of carbonyl (C=O) groups is 3. The minimum absolute atomic E-state index is 0.0443. The Bertz CT molecular complexity index is 1360. The van der Waals surface area contributed by atoms with E-state index in [9.17, 15) is 19.5 Å². The summed E-state index contributed by atoms with van der Waals surface area (Å²) in [5.74, 6) is -2.32. The zero-order valence-electron chi connectivity index (χ0n) is 20.5. The van der Waals surface area contributed by atoms with Crippen LogP contribution in [0.3, 0.4) is 0 Å². The van der Waals surface area contributed by atoms with E-state index in [1.807, 2.05) is 0 Å². The minimum atomic E-state index is -1.39. The quantitative estimate of drug-likeness (QED) is 0.276. The number of hydrogen-bond acceptors (Lipinski definition) is 6. The standard InChI is InChI=1S/C27H22Cl4N2O7/c28-17-3-1-4-18(29)16(17)12-38-15-9-7-14(8-10-15)11-21(27(36)37)32-25(34)23-24(40-13-39-23)26(35)33-22-19(30)5-2-6-20(22)31/h1-10,21,23-24H,11-13H2,(H,32,34)(H,33,35)(H,36,37)/t21-,23+,24+/m0/s1. The molecule has 2 amide bonds. The lowest BCUT2D eigenvalue weighted by atomic mass is 10.0. The van der Waals surface area contributed by atoms with Crippen molar-refractivity contribution in [3.8, 4) is 5.75 Å². The van der Waals surface area contributed by atoms with Crippen molar-refractivity contribution in [2.45, 2.75) is 31.3 Å². The first kappa shape index (κ1) is 29.9. The number of anilines is 1. The molecule has 1 saturated heterocycles. The number of carboxylic acids is 1. The van der Waals surface area contributed by atoms with Crippen LogP contribution in [0.15, 0.2) is 60.7 Å². The molecule has 0 aliphatic carbocycles. The Kier molecular flexibility index (Phi) is 10.1. The van der Waals surface area contributed by atoms with Gasteiger partial charge in [0, 0.05) is 22.0 Å². The molecule has 13 heteroatoms. The van der Waals surface area contributed by atoms with Gasteiger partial charge in [0.2, 0.25) is 0 Å². The number of hydrogen-bond donors (Lipinski definition) is 3. The molecule has 0 unspecified atom stereocenters. The molecule has 0 radical (unpaired) electrons. The summed E-state index contributed by atoms with van der Waals surface area (Å²) in [6.07, 6.45) is -2.79. The zero-order valence-corrected chi connectivity index (χ0v) is 23.6. The van der Waals surface area contributed by atoms with Crippen LogP contribution in [-0.4, -0.2) is 47.9 Å². The smallest absolute Gasteiger partial charge is 0.326 e. The van der Waals surface area contributed by atoms with Gasteiger partial charge in [-0.25, -0.2) is 4.79 Å². The molecule has 40 heavy (non-hydrogen) atoms. The van der Waals surface area contributed by atoms with E-state index in [1.54, 1.807) is 48.5 Å². The molecule has 4 rings (SSSR count). The SMILES string of the molecule is O=C(O)[C@H](Cc1ccc(OCc2c(Cl)cccc2Cl)cc1)NC(=O)[C@@H]1OCO[C@H]1C(=O)Nc1c(Cl)cccc1Cl. The van der Waals surface area contributed by atoms with Crippen molar-refractivity contribution in [3.63, 3.8) is 0 Å². The molecule has 0 bridgehead atoms. The molecule has 1 aliphatic heterocycles. The second-order valence-electron chi connectivity index (χ2n) is 8.61. The lowest BCUT2D eigenvalue weighted by molar-refractivity contribution is -0.144. The van der Waals surface area contributed by atoms with Gasteiger partial charge >= 0.3 is 5.97 Å². The number of carbonyl (C=O) groups excluding carboxylic acids is 2. The molecule has 0 aromatic heterocycles. The van der Waals surface area contributed by atoms with Crippen molar-refractivity contribution in [3.05, 3.63) is 91.9 Å². The number of amides is 2. The van der Waals surface area contributed by atoms with Gasteiger partial charge in [0.25, 0.3) is 11.8 Å². The van der Waals surface area contributed by atoms with E-state index in [-0.39, 0.29) is 35.6 Å². The molecule has 3 aromatic rings. The Morgan fingerprint density at radius 2 is 1.40 bits per heavy atom. The fourth-order valence-electron chi connectivity index (χ4n) is 3.84. The summed E-state index contributed by atoms with van der Waals surface area (Å²) in [6, 6.07) is 15.2. The average molecular weight is 628 g/mol. The van der Waals surface area contributed by atoms with Gasteiger partial charge in [-0.1, -0.05) is 70.7 Å². The highest BCUT2D eigenvalue weighted by Gasteiger charge is 2.42. The van der Waals surface area contributed by atoms with Crippen LogP contribution >= 0.6 is 46.4 Å². The highest BCUT2D eigenvalue weighted by atomic mass is 35.5. The molecular formula is C27H22Cl4N2O7. The largest absolute Gasteiger partial charge is 0.489 e. The van der Waals surface area contributed by atoms with Crippen LogP contribution in [0.4, 0.5) is 5.69 Å². The van der Waals surface area contributed by atoms with Crippen molar-refractivity contribution in [2.24, 2.45) is 0 Å². The summed E-state index contributed by atoms with van der Waals surface area (Å²) in [7, 11) is 0. The summed E-state index contributed by atoms with van der Waals surface area (Å²) in [5, 5.41) is 16.0. The van der Waals surface area contributed by atoms with Gasteiger partial charge in [0.1, 0.15) is 25.2 Å². The Morgan fingerprint density at radius 1 is 0.850 bits per heavy atom. The highest BCUT2D eigenvalue weighted by molar-refractivity contribution is 6.39. The molecule has 1 heterocycles. The third-order valence-corrected chi connectivity index (χ3v) is 7.26. The molecule has 9 nitrogen and oxygen atoms in total. The van der Waals surface area contributed by atoms with Crippen LogP contribution in [0.1, 0.15) is 11.1 Å². The van der Waals surface area contributed by atoms with E-state index < -0.39 is 36.0 Å². The second kappa shape index (κ2) is 13.5. The molecule has 1 fully saturated rings. The number of ether oxygens (including phenoxy) is 3. The lowest BCUT2D eigenvalue weighted by Crippen LogP contribution is -2.51. The maximum atomic E-state index is 12.9. The number of para-hydroxylation sites is 1. The van der Waals surface area contributed by atoms with E-state index in [0.29, 0.717) is 26.9 Å². The number of halogens is 4. The number of benzene rings is 3. The maximum Gasteiger partial charge on any atom is 0.326 e. The summed E-state index contributed by atoms with van der Waals surface area (Å²) < 4.78 is 16.3. The molecule has 3 aromatic carbocycles. The number of rotatable bonds is 10. The average Bonchev–Trinajstić information content (AvgIpc) is 3.41. The van der Waals surface area contributed by atoms with Gasteiger partial charge in [-0.3, -0.25) is 9.59 Å². The minimum Gasteiger partial charge on any atom is -0.489 e. The molecule has 0 saturated carbocycles. The van der Waals surface area contributed by atoms with E-state index in [2.05, 4.69) is 10.6 Å². The van der Waals surface area contributed by atoms with Crippen molar-refractivity contribution in [2.75, 3.05) is 12.1 Å². The molecule has 0 spiro atoms. The first-order valence-electron chi connectivity index (χ1n) is 11.8. The van der Waals surface area contributed by atoms with Crippen molar-refractivity contribution in [1.82, 2.24) is 5.32 Å². The highest BCUT2D eigenvalue weighted by Crippen LogP contribution is 2.31. The summed E-state index contributed by atoms with van der Waals surface area (Å²) in [6.45, 7) is -0.197. The van der Waals surface area contributed by atoms with E-state index in [1.165, 1.54) is 12.1 Å². The van der Waals surface area contributed by atoms with E-state index >= 15 is 0 Å². The van der Waals surface area contributed by atoms with Gasteiger partial charge in [0.15, 0.2) is 12.2 Å².